The van der Waals surface area contributed by atoms with Gasteiger partial charge in [0.25, 0.3) is 0 Å². The lowest BCUT2D eigenvalue weighted by Crippen LogP contribution is -2.45. The van der Waals surface area contributed by atoms with E-state index in [1.165, 1.54) is 0 Å². The maximum absolute atomic E-state index is 10.7. The number of hydrogen-bond donors (Lipinski definition) is 1. The van der Waals surface area contributed by atoms with E-state index in [4.69, 9.17) is 4.74 Å². The third-order valence-corrected chi connectivity index (χ3v) is 5.69. The number of anilines is 1. The van der Waals surface area contributed by atoms with Crippen molar-refractivity contribution in [3.8, 4) is 34.0 Å². The van der Waals surface area contributed by atoms with Crippen molar-refractivity contribution < 1.29 is 9.84 Å². The zero-order valence-corrected chi connectivity index (χ0v) is 19.5. The summed E-state index contributed by atoms with van der Waals surface area (Å²) >= 11 is 0. The lowest BCUT2D eigenvalue weighted by molar-refractivity contribution is 0.311. The van der Waals surface area contributed by atoms with E-state index < -0.39 is 0 Å². The quantitative estimate of drug-likeness (QED) is 0.483. The Balaban J connectivity index is 0.00000259. The predicted molar refractivity (Wildman–Crippen MR) is 128 cm³/mol. The second-order valence-electron chi connectivity index (χ2n) is 7.94. The summed E-state index contributed by atoms with van der Waals surface area (Å²) in [6, 6.07) is 5.54. The van der Waals surface area contributed by atoms with Gasteiger partial charge < -0.3 is 19.6 Å². The maximum Gasteiger partial charge on any atom is 0.245 e. The van der Waals surface area contributed by atoms with Crippen molar-refractivity contribution >= 4 is 29.3 Å². The highest BCUT2D eigenvalue weighted by atomic mass is 35.5. The lowest BCUT2D eigenvalue weighted by atomic mass is 10.0. The number of aromatic hydroxyl groups is 1. The Hall–Kier alpha value is -3.50. The molecule has 1 aromatic carbocycles. The van der Waals surface area contributed by atoms with Crippen LogP contribution in [0.2, 0.25) is 0 Å². The molecule has 1 saturated heterocycles. The molecule has 0 bridgehead atoms. The number of ether oxygens (including phenoxy) is 1. The Morgan fingerprint density at radius 3 is 2.39 bits per heavy atom. The summed E-state index contributed by atoms with van der Waals surface area (Å²) < 4.78 is 7.24. The Morgan fingerprint density at radius 1 is 0.939 bits per heavy atom. The van der Waals surface area contributed by atoms with Gasteiger partial charge in [-0.2, -0.15) is 5.10 Å². The SMILES string of the molecule is COc1cc(-c2cnc(-c3cnc(N4CCN(C)CC4)nn3)c(O)c2)cc2cn(C)nc12.Cl. The predicted octanol–water partition coefficient (Wildman–Crippen LogP) is 2.38. The van der Waals surface area contributed by atoms with Crippen LogP contribution in [0.3, 0.4) is 0 Å². The fraction of sp³-hybridized carbons (Fsp3) is 0.318. The first-order valence-electron chi connectivity index (χ1n) is 10.4. The van der Waals surface area contributed by atoms with Crippen LogP contribution in [0.4, 0.5) is 5.95 Å². The van der Waals surface area contributed by atoms with Gasteiger partial charge in [0.2, 0.25) is 5.95 Å². The third-order valence-electron chi connectivity index (χ3n) is 5.69. The maximum atomic E-state index is 10.7. The second-order valence-corrected chi connectivity index (χ2v) is 7.94. The molecule has 0 radical (unpaired) electrons. The highest BCUT2D eigenvalue weighted by Crippen LogP contribution is 2.34. The van der Waals surface area contributed by atoms with Crippen molar-refractivity contribution in [3.63, 3.8) is 0 Å². The normalized spacial score (nSPS) is 14.3. The average molecular weight is 469 g/mol. The summed E-state index contributed by atoms with van der Waals surface area (Å²) in [6.45, 7) is 3.65. The minimum Gasteiger partial charge on any atom is -0.506 e. The number of fused-ring (bicyclic) bond motifs is 1. The number of likely N-dealkylation sites (N-methyl/N-ethyl adjacent to an activating group) is 1. The fourth-order valence-electron chi connectivity index (χ4n) is 3.88. The molecule has 1 aliphatic heterocycles. The number of nitrogens with zero attached hydrogens (tertiary/aromatic N) is 8. The highest BCUT2D eigenvalue weighted by Gasteiger charge is 2.18. The minimum atomic E-state index is 0. The monoisotopic (exact) mass is 468 g/mol. The summed E-state index contributed by atoms with van der Waals surface area (Å²) in [4.78, 5) is 13.3. The molecule has 10 nitrogen and oxygen atoms in total. The van der Waals surface area contributed by atoms with E-state index >= 15 is 0 Å². The van der Waals surface area contributed by atoms with Crippen LogP contribution in [-0.4, -0.2) is 80.3 Å². The van der Waals surface area contributed by atoms with Gasteiger partial charge in [0.05, 0.1) is 13.3 Å². The zero-order valence-electron chi connectivity index (χ0n) is 18.6. The van der Waals surface area contributed by atoms with Crippen LogP contribution < -0.4 is 9.64 Å². The van der Waals surface area contributed by atoms with Crippen molar-refractivity contribution in [3.05, 3.63) is 36.8 Å². The Bertz CT molecular complexity index is 1270. The van der Waals surface area contributed by atoms with Crippen LogP contribution in [0.5, 0.6) is 11.5 Å². The van der Waals surface area contributed by atoms with Gasteiger partial charge >= 0.3 is 0 Å². The topological polar surface area (TPSA) is 105 Å². The molecule has 4 heterocycles. The van der Waals surface area contributed by atoms with Crippen molar-refractivity contribution in [1.82, 2.24) is 34.8 Å². The van der Waals surface area contributed by atoms with Crippen LogP contribution in [0, 0.1) is 0 Å². The molecule has 0 aliphatic carbocycles. The molecule has 0 saturated carbocycles. The molecule has 11 heteroatoms. The number of hydrogen-bond acceptors (Lipinski definition) is 9. The van der Waals surface area contributed by atoms with Crippen LogP contribution in [0.15, 0.2) is 36.8 Å². The minimum absolute atomic E-state index is 0. The molecule has 1 N–H and O–H groups in total. The van der Waals surface area contributed by atoms with E-state index in [0.717, 1.165) is 48.2 Å². The van der Waals surface area contributed by atoms with Gasteiger partial charge in [-0.15, -0.1) is 22.6 Å². The molecule has 0 spiro atoms. The second kappa shape index (κ2) is 9.16. The Morgan fingerprint density at radius 2 is 1.73 bits per heavy atom. The standard InChI is InChI=1S/C22H24N8O2.ClH/c1-28-4-6-30(7-5-28)22-24-12-17(25-26-22)21-18(31)9-15(11-23-21)14-8-16-13-29(2)27-20(16)19(10-14)32-3;/h8-13,31H,4-7H2,1-3H3;1H. The van der Waals surface area contributed by atoms with Gasteiger partial charge in [0, 0.05) is 56.6 Å². The molecular formula is C22H25ClN8O2. The van der Waals surface area contributed by atoms with Crippen molar-refractivity contribution in [2.45, 2.75) is 0 Å². The number of benzene rings is 1. The molecule has 5 rings (SSSR count). The average Bonchev–Trinajstić information content (AvgIpc) is 3.19. The molecule has 0 atom stereocenters. The van der Waals surface area contributed by atoms with Crippen molar-refractivity contribution in [1.29, 1.82) is 0 Å². The van der Waals surface area contributed by atoms with E-state index in [-0.39, 0.29) is 18.2 Å². The van der Waals surface area contributed by atoms with Gasteiger partial charge in [-0.1, -0.05) is 0 Å². The lowest BCUT2D eigenvalue weighted by Gasteiger charge is -2.31. The number of pyridine rings is 1. The summed E-state index contributed by atoms with van der Waals surface area (Å²) in [6.07, 6.45) is 5.22. The van der Waals surface area contributed by atoms with Gasteiger partial charge in [-0.05, 0) is 30.8 Å². The molecule has 3 aromatic heterocycles. The number of rotatable bonds is 4. The largest absolute Gasteiger partial charge is 0.506 e. The Kier molecular flexibility index (Phi) is 6.30. The number of piperazine rings is 1. The fourth-order valence-corrected chi connectivity index (χ4v) is 3.88. The van der Waals surface area contributed by atoms with Crippen molar-refractivity contribution in [2.75, 3.05) is 45.2 Å². The molecule has 172 valence electrons. The number of halogens is 1. The molecule has 0 unspecified atom stereocenters. The summed E-state index contributed by atoms with van der Waals surface area (Å²) in [7, 11) is 5.58. The van der Waals surface area contributed by atoms with E-state index in [2.05, 4.69) is 42.1 Å². The molecule has 1 fully saturated rings. The van der Waals surface area contributed by atoms with Crippen LogP contribution >= 0.6 is 12.4 Å². The molecule has 4 aromatic rings. The first kappa shape index (κ1) is 22.7. The molecule has 0 amide bonds. The van der Waals surface area contributed by atoms with Gasteiger partial charge in [-0.3, -0.25) is 4.68 Å². The van der Waals surface area contributed by atoms with E-state index in [9.17, 15) is 5.11 Å². The van der Waals surface area contributed by atoms with Crippen LogP contribution in [0.1, 0.15) is 0 Å². The van der Waals surface area contributed by atoms with Crippen molar-refractivity contribution in [2.24, 2.45) is 7.05 Å². The summed E-state index contributed by atoms with van der Waals surface area (Å²) in [5, 5.41) is 24.6. The first-order chi connectivity index (χ1) is 15.5. The van der Waals surface area contributed by atoms with E-state index in [1.54, 1.807) is 30.3 Å². The number of methoxy groups -OCH3 is 1. The first-order valence-corrected chi connectivity index (χ1v) is 10.4. The number of aromatic nitrogens is 6. The van der Waals surface area contributed by atoms with Gasteiger partial charge in [0.15, 0.2) is 0 Å². The van der Waals surface area contributed by atoms with Gasteiger partial charge in [-0.25, -0.2) is 9.97 Å². The van der Waals surface area contributed by atoms with Crippen LogP contribution in [0.25, 0.3) is 33.4 Å². The van der Waals surface area contributed by atoms with Crippen LogP contribution in [-0.2, 0) is 7.05 Å². The highest BCUT2D eigenvalue weighted by molar-refractivity contribution is 5.90. The third kappa shape index (κ3) is 4.39. The smallest absolute Gasteiger partial charge is 0.245 e. The molecular weight excluding hydrogens is 444 g/mol. The zero-order chi connectivity index (χ0) is 22.2. The van der Waals surface area contributed by atoms with Gasteiger partial charge in [0.1, 0.15) is 28.4 Å². The van der Waals surface area contributed by atoms with E-state index in [1.807, 2.05) is 25.4 Å². The summed E-state index contributed by atoms with van der Waals surface area (Å²) in [5.41, 5.74) is 3.17. The molecule has 1 aliphatic rings. The van der Waals surface area contributed by atoms with E-state index in [0.29, 0.717) is 23.1 Å². The summed E-state index contributed by atoms with van der Waals surface area (Å²) in [5.74, 6) is 1.27. The molecule has 33 heavy (non-hydrogen) atoms. The number of aryl methyl sites for hydroxylation is 1. The Labute approximate surface area is 197 Å².